The molecule has 1 atom stereocenters. The molecule has 8 nitrogen and oxygen atoms in total. The van der Waals surface area contributed by atoms with Crippen LogP contribution in [0.3, 0.4) is 0 Å². The van der Waals surface area contributed by atoms with Crippen LogP contribution in [0.15, 0.2) is 84.9 Å². The predicted octanol–water partition coefficient (Wildman–Crippen LogP) is 5.77. The number of nitriles is 1. The molecule has 37 heavy (non-hydrogen) atoms. The Labute approximate surface area is 215 Å². The molecule has 2 N–H and O–H groups in total. The van der Waals surface area contributed by atoms with Gasteiger partial charge in [-0.2, -0.15) is 10.4 Å². The maximum atomic E-state index is 12.7. The molecule has 2 heterocycles. The minimum absolute atomic E-state index is 0.153. The molecule has 0 aliphatic carbocycles. The lowest BCUT2D eigenvalue weighted by Crippen LogP contribution is -2.41. The van der Waals surface area contributed by atoms with E-state index in [2.05, 4.69) is 6.07 Å². The number of rotatable bonds is 6. The second kappa shape index (κ2) is 10.9. The quantitative estimate of drug-likeness (QED) is 0.365. The Morgan fingerprint density at radius 3 is 2.38 bits per heavy atom. The van der Waals surface area contributed by atoms with Crippen LogP contribution in [0.1, 0.15) is 30.0 Å². The number of hydrogen-bond donors (Lipinski definition) is 1. The van der Waals surface area contributed by atoms with Crippen molar-refractivity contribution in [3.8, 4) is 28.8 Å². The summed E-state index contributed by atoms with van der Waals surface area (Å²) in [6.07, 6.45) is 1.21. The van der Waals surface area contributed by atoms with Gasteiger partial charge in [-0.15, -0.1) is 0 Å². The van der Waals surface area contributed by atoms with Gasteiger partial charge in [0.15, 0.2) is 0 Å². The van der Waals surface area contributed by atoms with Crippen molar-refractivity contribution in [1.82, 2.24) is 14.7 Å². The van der Waals surface area contributed by atoms with E-state index in [0.717, 1.165) is 29.7 Å². The van der Waals surface area contributed by atoms with Gasteiger partial charge in [0.25, 0.3) is 0 Å². The SMILES string of the molecule is N#Cc1c(-c2ccc(Oc3ccccc3)cc2)nn(C2CCCN(C(=O)OCc3ccccc3)C2)c1N. The summed E-state index contributed by atoms with van der Waals surface area (Å²) in [7, 11) is 0. The van der Waals surface area contributed by atoms with Gasteiger partial charge in [0, 0.05) is 18.7 Å². The van der Waals surface area contributed by atoms with Crippen LogP contribution in [0.25, 0.3) is 11.3 Å². The van der Waals surface area contributed by atoms with Gasteiger partial charge in [-0.3, -0.25) is 0 Å². The molecule has 1 aromatic heterocycles. The summed E-state index contributed by atoms with van der Waals surface area (Å²) >= 11 is 0. The molecular weight excluding hydrogens is 466 g/mol. The van der Waals surface area contributed by atoms with Crippen molar-refractivity contribution in [3.63, 3.8) is 0 Å². The highest BCUT2D eigenvalue weighted by Gasteiger charge is 2.29. The maximum Gasteiger partial charge on any atom is 0.410 e. The number of para-hydroxylation sites is 1. The van der Waals surface area contributed by atoms with E-state index < -0.39 is 0 Å². The number of likely N-dealkylation sites (tertiary alicyclic amines) is 1. The van der Waals surface area contributed by atoms with Crippen LogP contribution >= 0.6 is 0 Å². The fourth-order valence-corrected chi connectivity index (χ4v) is 4.47. The highest BCUT2D eigenvalue weighted by atomic mass is 16.6. The number of nitrogen functional groups attached to an aromatic ring is 1. The highest BCUT2D eigenvalue weighted by Crippen LogP contribution is 2.33. The van der Waals surface area contributed by atoms with Gasteiger partial charge in [-0.05, 0) is 54.8 Å². The van der Waals surface area contributed by atoms with Crippen LogP contribution in [0.5, 0.6) is 11.5 Å². The Bertz CT molecular complexity index is 1400. The molecule has 186 valence electrons. The maximum absolute atomic E-state index is 12.7. The van der Waals surface area contributed by atoms with Crippen molar-refractivity contribution in [2.24, 2.45) is 0 Å². The summed E-state index contributed by atoms with van der Waals surface area (Å²) in [5.74, 6) is 1.72. The van der Waals surface area contributed by atoms with Gasteiger partial charge in [0.2, 0.25) is 0 Å². The average Bonchev–Trinajstić information content (AvgIpc) is 3.29. The molecule has 0 radical (unpaired) electrons. The number of hydrogen-bond acceptors (Lipinski definition) is 6. The number of benzene rings is 3. The number of amides is 1. The number of nitrogens with zero attached hydrogens (tertiary/aromatic N) is 4. The first-order chi connectivity index (χ1) is 18.1. The molecule has 1 amide bonds. The lowest BCUT2D eigenvalue weighted by Gasteiger charge is -2.32. The summed E-state index contributed by atoms with van der Waals surface area (Å²) < 4.78 is 13.1. The van der Waals surface area contributed by atoms with E-state index in [1.54, 1.807) is 9.58 Å². The third-order valence-corrected chi connectivity index (χ3v) is 6.37. The molecule has 0 saturated carbocycles. The monoisotopic (exact) mass is 493 g/mol. The van der Waals surface area contributed by atoms with E-state index >= 15 is 0 Å². The van der Waals surface area contributed by atoms with Crippen molar-refractivity contribution in [1.29, 1.82) is 5.26 Å². The molecule has 0 bridgehead atoms. The minimum atomic E-state index is -0.367. The van der Waals surface area contributed by atoms with Crippen LogP contribution in [-0.4, -0.2) is 33.9 Å². The van der Waals surface area contributed by atoms with Gasteiger partial charge in [-0.1, -0.05) is 48.5 Å². The van der Waals surface area contributed by atoms with Gasteiger partial charge >= 0.3 is 6.09 Å². The van der Waals surface area contributed by atoms with E-state index in [-0.39, 0.29) is 18.7 Å². The standard InChI is InChI=1S/C29H27N5O3/c30-18-26-27(22-13-15-25(16-14-22)37-24-11-5-2-6-12-24)32-34(28(26)31)23-10-7-17-33(19-23)29(35)36-20-21-8-3-1-4-9-21/h1-6,8-9,11-16,23H,7,10,17,19-20,31H2. The van der Waals surface area contributed by atoms with Crippen molar-refractivity contribution in [2.45, 2.75) is 25.5 Å². The zero-order valence-corrected chi connectivity index (χ0v) is 20.3. The van der Waals surface area contributed by atoms with E-state index in [1.165, 1.54) is 0 Å². The van der Waals surface area contributed by atoms with Crippen LogP contribution < -0.4 is 10.5 Å². The van der Waals surface area contributed by atoms with Crippen LogP contribution in [-0.2, 0) is 11.3 Å². The summed E-state index contributed by atoms with van der Waals surface area (Å²) in [6.45, 7) is 1.23. The second-order valence-corrected chi connectivity index (χ2v) is 8.89. The van der Waals surface area contributed by atoms with E-state index in [1.807, 2.05) is 84.9 Å². The molecule has 1 aliphatic heterocycles. The minimum Gasteiger partial charge on any atom is -0.457 e. The van der Waals surface area contributed by atoms with Crippen molar-refractivity contribution in [3.05, 3.63) is 96.1 Å². The van der Waals surface area contributed by atoms with Crippen molar-refractivity contribution < 1.29 is 14.3 Å². The molecule has 3 aromatic carbocycles. The van der Waals surface area contributed by atoms with Crippen LogP contribution in [0, 0.1) is 11.3 Å². The summed E-state index contributed by atoms with van der Waals surface area (Å²) in [5.41, 5.74) is 8.91. The molecule has 0 spiro atoms. The highest BCUT2D eigenvalue weighted by molar-refractivity contribution is 5.73. The summed E-state index contributed by atoms with van der Waals surface area (Å²) in [4.78, 5) is 14.4. The van der Waals surface area contributed by atoms with Gasteiger partial charge in [0.05, 0.1) is 6.04 Å². The van der Waals surface area contributed by atoms with E-state index in [4.69, 9.17) is 20.3 Å². The first-order valence-electron chi connectivity index (χ1n) is 12.2. The van der Waals surface area contributed by atoms with Gasteiger partial charge in [0.1, 0.15) is 41.3 Å². The molecule has 5 rings (SSSR count). The Kier molecular flexibility index (Phi) is 7.04. The molecule has 1 unspecified atom stereocenters. The third-order valence-electron chi connectivity index (χ3n) is 6.37. The molecule has 1 aliphatic rings. The zero-order chi connectivity index (χ0) is 25.6. The Hall–Kier alpha value is -4.77. The Morgan fingerprint density at radius 1 is 1.00 bits per heavy atom. The number of ether oxygens (including phenoxy) is 2. The first-order valence-corrected chi connectivity index (χ1v) is 12.2. The predicted molar refractivity (Wildman–Crippen MR) is 140 cm³/mol. The van der Waals surface area contributed by atoms with Gasteiger partial charge < -0.3 is 20.1 Å². The largest absolute Gasteiger partial charge is 0.457 e. The fraction of sp³-hybridized carbons (Fsp3) is 0.207. The second-order valence-electron chi connectivity index (χ2n) is 8.89. The van der Waals surface area contributed by atoms with Crippen molar-refractivity contribution in [2.75, 3.05) is 18.8 Å². The molecule has 4 aromatic rings. The fourth-order valence-electron chi connectivity index (χ4n) is 4.47. The smallest absolute Gasteiger partial charge is 0.410 e. The number of piperidine rings is 1. The average molecular weight is 494 g/mol. The topological polar surface area (TPSA) is 106 Å². The lowest BCUT2D eigenvalue weighted by atomic mass is 10.1. The first kappa shape index (κ1) is 23.9. The van der Waals surface area contributed by atoms with E-state index in [9.17, 15) is 10.1 Å². The summed E-state index contributed by atoms with van der Waals surface area (Å²) in [6, 6.07) is 28.5. The van der Waals surface area contributed by atoms with E-state index in [0.29, 0.717) is 35.9 Å². The van der Waals surface area contributed by atoms with Gasteiger partial charge in [-0.25, -0.2) is 9.48 Å². The molecule has 1 fully saturated rings. The Morgan fingerprint density at radius 2 is 1.68 bits per heavy atom. The molecule has 1 saturated heterocycles. The number of nitrogens with two attached hydrogens (primary N) is 1. The normalized spacial score (nSPS) is 15.1. The molecular formula is C29H27N5O3. The summed E-state index contributed by atoms with van der Waals surface area (Å²) in [5, 5.41) is 14.6. The third kappa shape index (κ3) is 5.41. The number of aromatic nitrogens is 2. The number of carbonyl (C=O) groups excluding carboxylic acids is 1. The van der Waals surface area contributed by atoms with Crippen molar-refractivity contribution >= 4 is 11.9 Å². The lowest BCUT2D eigenvalue weighted by molar-refractivity contribution is 0.0791. The number of carbonyl (C=O) groups is 1. The zero-order valence-electron chi connectivity index (χ0n) is 20.3. The van der Waals surface area contributed by atoms with Crippen LogP contribution in [0.4, 0.5) is 10.6 Å². The Balaban J connectivity index is 1.30. The van der Waals surface area contributed by atoms with Crippen LogP contribution in [0.2, 0.25) is 0 Å². The molecule has 8 heteroatoms. The number of anilines is 1.